The molecule has 16 heavy (non-hydrogen) atoms. The van der Waals surface area contributed by atoms with Crippen LogP contribution in [0.15, 0.2) is 34.9 Å². The first-order valence-electron chi connectivity index (χ1n) is 5.65. The predicted octanol–water partition coefficient (Wildman–Crippen LogP) is 3.65. The summed E-state index contributed by atoms with van der Waals surface area (Å²) in [6, 6.07) is 8.26. The van der Waals surface area contributed by atoms with Gasteiger partial charge in [0.1, 0.15) is 5.82 Å². The Kier molecular flexibility index (Phi) is 2.56. The van der Waals surface area contributed by atoms with Gasteiger partial charge in [0, 0.05) is 29.2 Å². The summed E-state index contributed by atoms with van der Waals surface area (Å²) in [6.07, 6.45) is 5.84. The standard InChI is InChI=1S/C13H13BrN2/c14-11-6-2-1-5-10(11)12-9-16-8-4-3-7-13(16)15-12/h1-2,5-6,9H,3-4,7-8H2. The quantitative estimate of drug-likeness (QED) is 0.778. The lowest BCUT2D eigenvalue weighted by Crippen LogP contribution is -2.08. The zero-order valence-corrected chi connectivity index (χ0v) is 10.6. The van der Waals surface area contributed by atoms with Crippen molar-refractivity contribution in [3.63, 3.8) is 0 Å². The number of aryl methyl sites for hydroxylation is 2. The number of benzene rings is 1. The predicted molar refractivity (Wildman–Crippen MR) is 68.3 cm³/mol. The van der Waals surface area contributed by atoms with Crippen molar-refractivity contribution in [2.45, 2.75) is 25.8 Å². The van der Waals surface area contributed by atoms with E-state index in [4.69, 9.17) is 4.98 Å². The van der Waals surface area contributed by atoms with Gasteiger partial charge in [-0.2, -0.15) is 0 Å². The van der Waals surface area contributed by atoms with Crippen molar-refractivity contribution in [2.75, 3.05) is 0 Å². The monoisotopic (exact) mass is 276 g/mol. The summed E-state index contributed by atoms with van der Waals surface area (Å²) < 4.78 is 3.41. The Labute approximate surface area is 103 Å². The largest absolute Gasteiger partial charge is 0.334 e. The zero-order chi connectivity index (χ0) is 11.0. The molecule has 0 saturated carbocycles. The third-order valence-corrected chi connectivity index (χ3v) is 3.75. The minimum Gasteiger partial charge on any atom is -0.334 e. The molecule has 0 spiro atoms. The van der Waals surface area contributed by atoms with Crippen LogP contribution < -0.4 is 0 Å². The molecule has 0 amide bonds. The Morgan fingerprint density at radius 2 is 2.06 bits per heavy atom. The minimum atomic E-state index is 1.09. The number of halogens is 1. The lowest BCUT2D eigenvalue weighted by atomic mass is 10.2. The molecule has 3 rings (SSSR count). The SMILES string of the molecule is Brc1ccccc1-c1cn2c(n1)CCCC2. The third-order valence-electron chi connectivity index (χ3n) is 3.06. The second-order valence-corrected chi connectivity index (χ2v) is 5.03. The first-order valence-corrected chi connectivity index (χ1v) is 6.45. The van der Waals surface area contributed by atoms with Crippen molar-refractivity contribution in [3.05, 3.63) is 40.8 Å². The van der Waals surface area contributed by atoms with E-state index in [9.17, 15) is 0 Å². The van der Waals surface area contributed by atoms with Crippen molar-refractivity contribution in [1.29, 1.82) is 0 Å². The highest BCUT2D eigenvalue weighted by Gasteiger charge is 2.14. The first kappa shape index (κ1) is 10.1. The number of nitrogens with zero attached hydrogens (tertiary/aromatic N) is 2. The summed E-state index contributed by atoms with van der Waals surface area (Å²) >= 11 is 3.58. The number of rotatable bonds is 1. The van der Waals surface area contributed by atoms with Gasteiger partial charge in [-0.25, -0.2) is 4.98 Å². The highest BCUT2D eigenvalue weighted by Crippen LogP contribution is 2.28. The Morgan fingerprint density at radius 3 is 2.88 bits per heavy atom. The van der Waals surface area contributed by atoms with E-state index in [-0.39, 0.29) is 0 Å². The van der Waals surface area contributed by atoms with Gasteiger partial charge in [0.25, 0.3) is 0 Å². The molecule has 2 aromatic rings. The summed E-state index contributed by atoms with van der Waals surface area (Å²) in [6.45, 7) is 1.12. The van der Waals surface area contributed by atoms with Crippen molar-refractivity contribution < 1.29 is 0 Å². The smallest absolute Gasteiger partial charge is 0.109 e. The Hall–Kier alpha value is -1.09. The summed E-state index contributed by atoms with van der Waals surface area (Å²) in [4.78, 5) is 4.71. The average molecular weight is 277 g/mol. The number of imidazole rings is 1. The molecule has 0 atom stereocenters. The van der Waals surface area contributed by atoms with E-state index in [1.54, 1.807) is 0 Å². The molecule has 2 nitrogen and oxygen atoms in total. The highest BCUT2D eigenvalue weighted by molar-refractivity contribution is 9.10. The normalized spacial score (nSPS) is 14.8. The summed E-state index contributed by atoms with van der Waals surface area (Å²) in [5.74, 6) is 1.23. The second-order valence-electron chi connectivity index (χ2n) is 4.17. The van der Waals surface area contributed by atoms with Crippen LogP contribution in [0.2, 0.25) is 0 Å². The van der Waals surface area contributed by atoms with E-state index in [1.807, 2.05) is 6.07 Å². The third kappa shape index (κ3) is 1.69. The van der Waals surface area contributed by atoms with E-state index in [0.717, 1.165) is 23.1 Å². The van der Waals surface area contributed by atoms with E-state index < -0.39 is 0 Å². The van der Waals surface area contributed by atoms with E-state index >= 15 is 0 Å². The highest BCUT2D eigenvalue weighted by atomic mass is 79.9. The van der Waals surface area contributed by atoms with E-state index in [2.05, 4.69) is 44.9 Å². The van der Waals surface area contributed by atoms with Gasteiger partial charge in [0.15, 0.2) is 0 Å². The fourth-order valence-electron chi connectivity index (χ4n) is 2.21. The first-order chi connectivity index (χ1) is 7.84. The van der Waals surface area contributed by atoms with Gasteiger partial charge >= 0.3 is 0 Å². The van der Waals surface area contributed by atoms with Crippen LogP contribution in [0, 0.1) is 0 Å². The number of aromatic nitrogens is 2. The van der Waals surface area contributed by atoms with Gasteiger partial charge in [-0.3, -0.25) is 0 Å². The van der Waals surface area contributed by atoms with Crippen molar-refractivity contribution >= 4 is 15.9 Å². The maximum atomic E-state index is 4.71. The zero-order valence-electron chi connectivity index (χ0n) is 8.99. The molecule has 2 heterocycles. The molecule has 0 saturated heterocycles. The molecule has 0 N–H and O–H groups in total. The van der Waals surface area contributed by atoms with Gasteiger partial charge < -0.3 is 4.57 Å². The van der Waals surface area contributed by atoms with Gasteiger partial charge in [-0.05, 0) is 18.9 Å². The molecular formula is C13H13BrN2. The molecule has 0 bridgehead atoms. The number of hydrogen-bond donors (Lipinski definition) is 0. The van der Waals surface area contributed by atoms with Crippen LogP contribution in [0.1, 0.15) is 18.7 Å². The molecule has 0 fully saturated rings. The lowest BCUT2D eigenvalue weighted by molar-refractivity contribution is 0.522. The number of hydrogen-bond acceptors (Lipinski definition) is 1. The minimum absolute atomic E-state index is 1.09. The van der Waals surface area contributed by atoms with Gasteiger partial charge in [-0.15, -0.1) is 0 Å². The maximum absolute atomic E-state index is 4.71. The van der Waals surface area contributed by atoms with Crippen LogP contribution in [0.4, 0.5) is 0 Å². The Morgan fingerprint density at radius 1 is 1.19 bits per heavy atom. The fraction of sp³-hybridized carbons (Fsp3) is 0.308. The Balaban J connectivity index is 2.07. The molecule has 0 radical (unpaired) electrons. The summed E-state index contributed by atoms with van der Waals surface area (Å²) in [5, 5.41) is 0. The molecule has 0 unspecified atom stereocenters. The van der Waals surface area contributed by atoms with Gasteiger partial charge in [0.05, 0.1) is 5.69 Å². The maximum Gasteiger partial charge on any atom is 0.109 e. The van der Waals surface area contributed by atoms with Crippen molar-refractivity contribution in [3.8, 4) is 11.3 Å². The molecule has 1 aliphatic rings. The van der Waals surface area contributed by atoms with Crippen LogP contribution >= 0.6 is 15.9 Å². The molecule has 0 aliphatic carbocycles. The van der Waals surface area contributed by atoms with Crippen LogP contribution in [-0.4, -0.2) is 9.55 Å². The molecule has 1 aliphatic heterocycles. The fourth-order valence-corrected chi connectivity index (χ4v) is 2.70. The molecule has 1 aromatic carbocycles. The number of fused-ring (bicyclic) bond motifs is 1. The van der Waals surface area contributed by atoms with Crippen LogP contribution in [-0.2, 0) is 13.0 Å². The Bertz CT molecular complexity index is 493. The topological polar surface area (TPSA) is 17.8 Å². The van der Waals surface area contributed by atoms with Gasteiger partial charge in [0.2, 0.25) is 0 Å². The van der Waals surface area contributed by atoms with E-state index in [0.29, 0.717) is 0 Å². The molecular weight excluding hydrogens is 264 g/mol. The van der Waals surface area contributed by atoms with Crippen LogP contribution in [0.5, 0.6) is 0 Å². The van der Waals surface area contributed by atoms with Gasteiger partial charge in [-0.1, -0.05) is 34.1 Å². The second kappa shape index (κ2) is 4.06. The van der Waals surface area contributed by atoms with Crippen LogP contribution in [0.25, 0.3) is 11.3 Å². The van der Waals surface area contributed by atoms with E-state index in [1.165, 1.54) is 24.2 Å². The average Bonchev–Trinajstić information content (AvgIpc) is 2.73. The molecule has 82 valence electrons. The van der Waals surface area contributed by atoms with Crippen molar-refractivity contribution in [1.82, 2.24) is 9.55 Å². The van der Waals surface area contributed by atoms with Crippen molar-refractivity contribution in [2.24, 2.45) is 0 Å². The van der Waals surface area contributed by atoms with Crippen LogP contribution in [0.3, 0.4) is 0 Å². The lowest BCUT2D eigenvalue weighted by Gasteiger charge is -2.11. The summed E-state index contributed by atoms with van der Waals surface area (Å²) in [5.41, 5.74) is 2.27. The summed E-state index contributed by atoms with van der Waals surface area (Å²) in [7, 11) is 0. The molecule has 1 aromatic heterocycles. The molecule has 3 heteroatoms.